The molecule has 0 aliphatic rings. The normalized spacial score (nSPS) is 11.1. The second-order valence-electron chi connectivity index (χ2n) is 8.11. The van der Waals surface area contributed by atoms with Crippen molar-refractivity contribution in [3.63, 3.8) is 0 Å². The van der Waals surface area contributed by atoms with E-state index in [1.165, 1.54) is 18.7 Å². The standard InChI is InChI=1S/C27H31BrN2O5/c1-5-12-30-27(32)21(17-29)14-19-8-10-24(25(15-19)33-4)35-26(31)7-6-13-34-23-11-9-20(18(2)3)16-22(23)28/h8-11,14-16,18H,5-7,12-13H2,1-4H3,(H,30,32)/b21-14+. The molecule has 0 aliphatic carbocycles. The molecule has 8 heteroatoms. The maximum atomic E-state index is 12.3. The first-order chi connectivity index (χ1) is 16.8. The van der Waals surface area contributed by atoms with E-state index in [9.17, 15) is 14.9 Å². The minimum absolute atomic E-state index is 0.0178. The van der Waals surface area contributed by atoms with Crippen LogP contribution in [0.25, 0.3) is 6.08 Å². The SMILES string of the molecule is CCCNC(=O)/C(C#N)=C/c1ccc(OC(=O)CCCOc2ccc(C(C)C)cc2Br)c(OC)c1. The van der Waals surface area contributed by atoms with Crippen LogP contribution in [0.5, 0.6) is 17.2 Å². The molecule has 2 aromatic rings. The molecule has 0 saturated carbocycles. The molecule has 1 N–H and O–H groups in total. The first-order valence-electron chi connectivity index (χ1n) is 11.5. The first kappa shape index (κ1) is 27.9. The molecule has 0 aromatic heterocycles. The predicted molar refractivity (Wildman–Crippen MR) is 138 cm³/mol. The fraction of sp³-hybridized carbons (Fsp3) is 0.370. The number of amides is 1. The van der Waals surface area contributed by atoms with Gasteiger partial charge in [0.25, 0.3) is 5.91 Å². The molecule has 7 nitrogen and oxygen atoms in total. The summed E-state index contributed by atoms with van der Waals surface area (Å²) in [5.74, 6) is 0.888. The summed E-state index contributed by atoms with van der Waals surface area (Å²) in [6, 6.07) is 12.7. The molecular weight excluding hydrogens is 512 g/mol. The Labute approximate surface area is 215 Å². The molecule has 0 aliphatic heterocycles. The Bertz CT molecular complexity index is 1110. The van der Waals surface area contributed by atoms with Crippen LogP contribution >= 0.6 is 15.9 Å². The van der Waals surface area contributed by atoms with Crippen molar-refractivity contribution in [2.75, 3.05) is 20.3 Å². The van der Waals surface area contributed by atoms with E-state index in [1.807, 2.05) is 31.2 Å². The molecule has 0 radical (unpaired) electrons. The van der Waals surface area contributed by atoms with Crippen LogP contribution in [-0.4, -0.2) is 32.1 Å². The molecule has 1 amide bonds. The molecule has 0 spiro atoms. The Hall–Kier alpha value is -3.31. The van der Waals surface area contributed by atoms with E-state index in [1.54, 1.807) is 18.2 Å². The Morgan fingerprint density at radius 2 is 1.89 bits per heavy atom. The molecule has 186 valence electrons. The zero-order valence-corrected chi connectivity index (χ0v) is 22.1. The summed E-state index contributed by atoms with van der Waals surface area (Å²) in [7, 11) is 1.45. The van der Waals surface area contributed by atoms with Gasteiger partial charge < -0.3 is 19.5 Å². The number of carbonyl (C=O) groups is 2. The van der Waals surface area contributed by atoms with E-state index >= 15 is 0 Å². The van der Waals surface area contributed by atoms with Crippen LogP contribution in [0.2, 0.25) is 0 Å². The molecule has 0 heterocycles. The average Bonchev–Trinajstić information content (AvgIpc) is 2.84. The Morgan fingerprint density at radius 1 is 1.14 bits per heavy atom. The van der Waals surface area contributed by atoms with Gasteiger partial charge in [0.05, 0.1) is 18.2 Å². The van der Waals surface area contributed by atoms with Gasteiger partial charge in [-0.2, -0.15) is 5.26 Å². The van der Waals surface area contributed by atoms with E-state index in [4.69, 9.17) is 14.2 Å². The summed E-state index contributed by atoms with van der Waals surface area (Å²) in [4.78, 5) is 24.4. The van der Waals surface area contributed by atoms with Gasteiger partial charge >= 0.3 is 5.97 Å². The van der Waals surface area contributed by atoms with Gasteiger partial charge in [0.2, 0.25) is 0 Å². The monoisotopic (exact) mass is 542 g/mol. The number of nitriles is 1. The van der Waals surface area contributed by atoms with Crippen molar-refractivity contribution in [1.82, 2.24) is 5.32 Å². The van der Waals surface area contributed by atoms with Crippen molar-refractivity contribution >= 4 is 33.9 Å². The lowest BCUT2D eigenvalue weighted by molar-refractivity contribution is -0.134. The fourth-order valence-corrected chi connectivity index (χ4v) is 3.58. The Kier molecular flexibility index (Phi) is 11.3. The number of carbonyl (C=O) groups excluding carboxylic acids is 2. The van der Waals surface area contributed by atoms with Gasteiger partial charge in [-0.25, -0.2) is 0 Å². The lowest BCUT2D eigenvalue weighted by atomic mass is 10.0. The summed E-state index contributed by atoms with van der Waals surface area (Å²) in [6.45, 7) is 7.04. The number of esters is 1. The zero-order chi connectivity index (χ0) is 25.8. The van der Waals surface area contributed by atoms with Gasteiger partial charge in [-0.05, 0) is 76.2 Å². The highest BCUT2D eigenvalue weighted by molar-refractivity contribution is 9.10. The van der Waals surface area contributed by atoms with Crippen molar-refractivity contribution < 1.29 is 23.8 Å². The van der Waals surface area contributed by atoms with Crippen molar-refractivity contribution in [2.24, 2.45) is 0 Å². The summed E-state index contributed by atoms with van der Waals surface area (Å²) < 4.78 is 17.4. The number of nitrogens with zero attached hydrogens (tertiary/aromatic N) is 1. The van der Waals surface area contributed by atoms with Crippen LogP contribution < -0.4 is 19.5 Å². The minimum atomic E-state index is -0.436. The van der Waals surface area contributed by atoms with Crippen molar-refractivity contribution in [1.29, 1.82) is 5.26 Å². The van der Waals surface area contributed by atoms with Crippen LogP contribution in [0.1, 0.15) is 57.1 Å². The zero-order valence-electron chi connectivity index (χ0n) is 20.5. The van der Waals surface area contributed by atoms with Crippen LogP contribution in [0, 0.1) is 11.3 Å². The molecule has 0 fully saturated rings. The number of halogens is 1. The van der Waals surface area contributed by atoms with Gasteiger partial charge in [0.15, 0.2) is 11.5 Å². The number of hydrogen-bond acceptors (Lipinski definition) is 6. The number of methoxy groups -OCH3 is 1. The van der Waals surface area contributed by atoms with Gasteiger partial charge in [-0.3, -0.25) is 9.59 Å². The molecule has 0 bridgehead atoms. The highest BCUT2D eigenvalue weighted by atomic mass is 79.9. The number of nitrogens with one attached hydrogen (secondary N) is 1. The smallest absolute Gasteiger partial charge is 0.311 e. The molecular formula is C27H31BrN2O5. The van der Waals surface area contributed by atoms with E-state index < -0.39 is 11.9 Å². The maximum Gasteiger partial charge on any atom is 0.311 e. The van der Waals surface area contributed by atoms with Gasteiger partial charge in [0, 0.05) is 13.0 Å². The maximum absolute atomic E-state index is 12.3. The van der Waals surface area contributed by atoms with Gasteiger partial charge in [-0.15, -0.1) is 0 Å². The average molecular weight is 543 g/mol. The van der Waals surface area contributed by atoms with Gasteiger partial charge in [0.1, 0.15) is 17.4 Å². The third-order valence-electron chi connectivity index (χ3n) is 5.03. The fourth-order valence-electron chi connectivity index (χ4n) is 3.07. The predicted octanol–water partition coefficient (Wildman–Crippen LogP) is 5.78. The van der Waals surface area contributed by atoms with Crippen LogP contribution in [-0.2, 0) is 9.59 Å². The van der Waals surface area contributed by atoms with Crippen LogP contribution in [0.4, 0.5) is 0 Å². The van der Waals surface area contributed by atoms with E-state index in [0.717, 1.165) is 16.6 Å². The van der Waals surface area contributed by atoms with E-state index in [0.29, 0.717) is 36.8 Å². The molecule has 2 rings (SSSR count). The van der Waals surface area contributed by atoms with Crippen molar-refractivity contribution in [2.45, 2.75) is 46.0 Å². The Morgan fingerprint density at radius 3 is 2.51 bits per heavy atom. The quantitative estimate of drug-likeness (QED) is 0.120. The largest absolute Gasteiger partial charge is 0.493 e. The minimum Gasteiger partial charge on any atom is -0.493 e. The molecule has 35 heavy (non-hydrogen) atoms. The Balaban J connectivity index is 1.93. The highest BCUT2D eigenvalue weighted by Crippen LogP contribution is 2.30. The highest BCUT2D eigenvalue weighted by Gasteiger charge is 2.13. The second kappa shape index (κ2) is 14.2. The number of benzene rings is 2. The lowest BCUT2D eigenvalue weighted by Crippen LogP contribution is -2.25. The van der Waals surface area contributed by atoms with Gasteiger partial charge in [-0.1, -0.05) is 32.9 Å². The van der Waals surface area contributed by atoms with Crippen molar-refractivity contribution in [3.8, 4) is 23.3 Å². The number of ether oxygens (including phenoxy) is 3. The number of rotatable bonds is 12. The number of hydrogen-bond donors (Lipinski definition) is 1. The second-order valence-corrected chi connectivity index (χ2v) is 8.96. The molecule has 2 aromatic carbocycles. The molecule has 0 atom stereocenters. The summed E-state index contributed by atoms with van der Waals surface area (Å²) in [5, 5.41) is 12.0. The summed E-state index contributed by atoms with van der Waals surface area (Å²) in [5.41, 5.74) is 1.77. The topological polar surface area (TPSA) is 97.7 Å². The third kappa shape index (κ3) is 8.76. The van der Waals surface area contributed by atoms with Crippen molar-refractivity contribution in [3.05, 3.63) is 57.6 Å². The van der Waals surface area contributed by atoms with Crippen LogP contribution in [0.15, 0.2) is 46.4 Å². The molecule has 0 saturated heterocycles. The summed E-state index contributed by atoms with van der Waals surface area (Å²) in [6.07, 6.45) is 2.89. The van der Waals surface area contributed by atoms with E-state index in [2.05, 4.69) is 35.1 Å². The van der Waals surface area contributed by atoms with E-state index in [-0.39, 0.29) is 17.7 Å². The lowest BCUT2D eigenvalue weighted by Gasteiger charge is -2.12. The van der Waals surface area contributed by atoms with Crippen LogP contribution in [0.3, 0.4) is 0 Å². The first-order valence-corrected chi connectivity index (χ1v) is 12.3. The third-order valence-corrected chi connectivity index (χ3v) is 5.65. The molecule has 0 unspecified atom stereocenters. The summed E-state index contributed by atoms with van der Waals surface area (Å²) >= 11 is 3.53.